The van der Waals surface area contributed by atoms with Crippen molar-refractivity contribution in [2.24, 2.45) is 0 Å². The molecule has 20 heavy (non-hydrogen) atoms. The Labute approximate surface area is 118 Å². The van der Waals surface area contributed by atoms with Crippen molar-refractivity contribution in [3.8, 4) is 0 Å². The third-order valence-electron chi connectivity index (χ3n) is 3.26. The molecule has 2 rings (SSSR count). The van der Waals surface area contributed by atoms with Gasteiger partial charge in [0.25, 0.3) is 0 Å². The highest BCUT2D eigenvalue weighted by atomic mass is 16.4. The van der Waals surface area contributed by atoms with Crippen molar-refractivity contribution in [3.63, 3.8) is 0 Å². The van der Waals surface area contributed by atoms with Crippen LogP contribution < -0.4 is 5.32 Å². The van der Waals surface area contributed by atoms with Gasteiger partial charge in [-0.05, 0) is 31.9 Å². The van der Waals surface area contributed by atoms with E-state index in [-0.39, 0.29) is 5.76 Å². The monoisotopic (exact) mass is 273 g/mol. The van der Waals surface area contributed by atoms with Gasteiger partial charge in [0.2, 0.25) is 5.76 Å². The number of benzene rings is 1. The van der Waals surface area contributed by atoms with Crippen molar-refractivity contribution >= 4 is 5.97 Å². The molecule has 0 spiro atoms. The van der Waals surface area contributed by atoms with Crippen LogP contribution in [0.15, 0.2) is 40.8 Å². The van der Waals surface area contributed by atoms with Gasteiger partial charge in [-0.1, -0.05) is 30.3 Å². The Balaban J connectivity index is 1.90. The largest absolute Gasteiger partial charge is 0.475 e. The van der Waals surface area contributed by atoms with Gasteiger partial charge in [0.15, 0.2) is 0 Å². The number of carbonyl (C=O) groups is 1. The third-order valence-corrected chi connectivity index (χ3v) is 3.26. The second kappa shape index (κ2) is 6.39. The molecule has 2 N–H and O–H groups in total. The maximum atomic E-state index is 10.8. The Morgan fingerprint density at radius 2 is 2.05 bits per heavy atom. The average molecular weight is 273 g/mol. The molecule has 0 fully saturated rings. The van der Waals surface area contributed by atoms with Gasteiger partial charge in [0.05, 0.1) is 0 Å². The van der Waals surface area contributed by atoms with E-state index in [1.807, 2.05) is 18.2 Å². The molecule has 1 aromatic heterocycles. The number of furan rings is 1. The summed E-state index contributed by atoms with van der Waals surface area (Å²) >= 11 is 0. The van der Waals surface area contributed by atoms with Crippen molar-refractivity contribution in [2.75, 3.05) is 0 Å². The van der Waals surface area contributed by atoms with Crippen molar-refractivity contribution in [1.29, 1.82) is 0 Å². The summed E-state index contributed by atoms with van der Waals surface area (Å²) in [6.45, 7) is 4.50. The molecular formula is C16H19NO3. The van der Waals surface area contributed by atoms with Crippen LogP contribution in [0, 0.1) is 6.92 Å². The van der Waals surface area contributed by atoms with Crippen LogP contribution in [0.2, 0.25) is 0 Å². The van der Waals surface area contributed by atoms with Gasteiger partial charge in [0, 0.05) is 18.2 Å². The summed E-state index contributed by atoms with van der Waals surface area (Å²) in [6, 6.07) is 12.2. The van der Waals surface area contributed by atoms with E-state index in [1.165, 1.54) is 5.56 Å². The minimum absolute atomic E-state index is 0.00462. The lowest BCUT2D eigenvalue weighted by molar-refractivity contribution is 0.0661. The smallest absolute Gasteiger partial charge is 0.371 e. The minimum Gasteiger partial charge on any atom is -0.475 e. The highest BCUT2D eigenvalue weighted by molar-refractivity contribution is 5.84. The number of rotatable bonds is 6. The lowest BCUT2D eigenvalue weighted by atomic mass is 10.1. The van der Waals surface area contributed by atoms with Crippen LogP contribution in [0.4, 0.5) is 0 Å². The Bertz CT molecular complexity index is 575. The Hall–Kier alpha value is -2.07. The van der Waals surface area contributed by atoms with Crippen LogP contribution >= 0.6 is 0 Å². The summed E-state index contributed by atoms with van der Waals surface area (Å²) in [4.78, 5) is 10.8. The number of carboxylic acid groups (broad SMARTS) is 1. The second-order valence-electron chi connectivity index (χ2n) is 4.97. The normalized spacial score (nSPS) is 12.3. The predicted molar refractivity (Wildman–Crippen MR) is 76.9 cm³/mol. The van der Waals surface area contributed by atoms with E-state index in [1.54, 1.807) is 13.0 Å². The average Bonchev–Trinajstić information content (AvgIpc) is 2.79. The van der Waals surface area contributed by atoms with E-state index in [2.05, 4.69) is 24.4 Å². The molecule has 4 nitrogen and oxygen atoms in total. The van der Waals surface area contributed by atoms with Crippen LogP contribution in [0.5, 0.6) is 0 Å². The fourth-order valence-electron chi connectivity index (χ4n) is 2.12. The highest BCUT2D eigenvalue weighted by Crippen LogP contribution is 2.15. The van der Waals surface area contributed by atoms with Gasteiger partial charge in [-0.3, -0.25) is 0 Å². The Morgan fingerprint density at radius 1 is 1.35 bits per heavy atom. The molecule has 4 heteroatoms. The fraction of sp³-hybridized carbons (Fsp3) is 0.312. The lowest BCUT2D eigenvalue weighted by Crippen LogP contribution is -2.27. The molecule has 1 heterocycles. The molecule has 0 aliphatic rings. The minimum atomic E-state index is -1.03. The molecule has 0 saturated carbocycles. The standard InChI is InChI=1S/C16H19NO3/c1-11(8-13-6-4-3-5-7-13)17-10-14-9-15(16(18)19)20-12(14)2/h3-7,9,11,17H,8,10H2,1-2H3,(H,18,19). The van der Waals surface area contributed by atoms with Crippen LogP contribution in [0.25, 0.3) is 0 Å². The van der Waals surface area contributed by atoms with Crippen LogP contribution in [-0.4, -0.2) is 17.1 Å². The SMILES string of the molecule is Cc1oc(C(=O)O)cc1CNC(C)Cc1ccccc1. The topological polar surface area (TPSA) is 62.5 Å². The van der Waals surface area contributed by atoms with Crippen molar-refractivity contribution in [1.82, 2.24) is 5.32 Å². The zero-order valence-corrected chi connectivity index (χ0v) is 11.7. The number of aryl methyl sites for hydroxylation is 1. The fourth-order valence-corrected chi connectivity index (χ4v) is 2.12. The molecule has 1 unspecified atom stereocenters. The number of nitrogens with one attached hydrogen (secondary N) is 1. The van der Waals surface area contributed by atoms with E-state index in [9.17, 15) is 4.79 Å². The second-order valence-corrected chi connectivity index (χ2v) is 4.97. The molecule has 0 saturated heterocycles. The maximum absolute atomic E-state index is 10.8. The van der Waals surface area contributed by atoms with E-state index < -0.39 is 5.97 Å². The first-order chi connectivity index (χ1) is 9.56. The number of carboxylic acids is 1. The molecule has 1 aromatic carbocycles. The summed E-state index contributed by atoms with van der Waals surface area (Å²) in [5.74, 6) is -0.381. The molecular weight excluding hydrogens is 254 g/mol. The summed E-state index contributed by atoms with van der Waals surface area (Å²) in [7, 11) is 0. The predicted octanol–water partition coefficient (Wildman–Crippen LogP) is 3.01. The Morgan fingerprint density at radius 3 is 2.65 bits per heavy atom. The van der Waals surface area contributed by atoms with Crippen LogP contribution in [-0.2, 0) is 13.0 Å². The van der Waals surface area contributed by atoms with Crippen LogP contribution in [0.3, 0.4) is 0 Å². The van der Waals surface area contributed by atoms with Gasteiger partial charge in [-0.25, -0.2) is 4.79 Å². The molecule has 0 aliphatic carbocycles. The summed E-state index contributed by atoms with van der Waals surface area (Å²) in [5, 5.41) is 12.3. The van der Waals surface area contributed by atoms with Crippen molar-refractivity contribution in [3.05, 3.63) is 59.0 Å². The van der Waals surface area contributed by atoms with Gasteiger partial charge in [-0.2, -0.15) is 0 Å². The first-order valence-electron chi connectivity index (χ1n) is 6.66. The van der Waals surface area contributed by atoms with Gasteiger partial charge >= 0.3 is 5.97 Å². The maximum Gasteiger partial charge on any atom is 0.371 e. The number of hydrogen-bond donors (Lipinski definition) is 2. The Kier molecular flexibility index (Phi) is 4.58. The van der Waals surface area contributed by atoms with E-state index in [4.69, 9.17) is 9.52 Å². The molecule has 1 atom stereocenters. The quantitative estimate of drug-likeness (QED) is 0.849. The molecule has 0 aliphatic heterocycles. The van der Waals surface area contributed by atoms with E-state index in [0.717, 1.165) is 12.0 Å². The van der Waals surface area contributed by atoms with E-state index in [0.29, 0.717) is 18.3 Å². The molecule has 2 aromatic rings. The third kappa shape index (κ3) is 3.71. The zero-order chi connectivity index (χ0) is 14.5. The molecule has 0 amide bonds. The number of aromatic carboxylic acids is 1. The summed E-state index contributed by atoms with van der Waals surface area (Å²) < 4.78 is 5.19. The van der Waals surface area contributed by atoms with Crippen molar-refractivity contribution in [2.45, 2.75) is 32.9 Å². The molecule has 0 radical (unpaired) electrons. The van der Waals surface area contributed by atoms with Gasteiger partial charge in [0.1, 0.15) is 5.76 Å². The van der Waals surface area contributed by atoms with E-state index >= 15 is 0 Å². The molecule has 0 bridgehead atoms. The molecule has 106 valence electrons. The first-order valence-corrected chi connectivity index (χ1v) is 6.66. The van der Waals surface area contributed by atoms with Crippen LogP contribution in [0.1, 0.15) is 34.4 Å². The first kappa shape index (κ1) is 14.3. The zero-order valence-electron chi connectivity index (χ0n) is 11.7. The highest BCUT2D eigenvalue weighted by Gasteiger charge is 2.13. The lowest BCUT2D eigenvalue weighted by Gasteiger charge is -2.13. The summed E-state index contributed by atoms with van der Waals surface area (Å²) in [6.07, 6.45) is 0.934. The van der Waals surface area contributed by atoms with Crippen molar-refractivity contribution < 1.29 is 14.3 Å². The summed E-state index contributed by atoms with van der Waals surface area (Å²) in [5.41, 5.74) is 2.17. The number of hydrogen-bond acceptors (Lipinski definition) is 3. The van der Waals surface area contributed by atoms with Gasteiger partial charge < -0.3 is 14.8 Å². The van der Waals surface area contributed by atoms with Gasteiger partial charge in [-0.15, -0.1) is 0 Å².